The fourth-order valence-corrected chi connectivity index (χ4v) is 6.72. The number of carbonyl (C=O) groups is 2. The van der Waals surface area contributed by atoms with E-state index in [2.05, 4.69) is 17.1 Å². The second-order valence-electron chi connectivity index (χ2n) is 6.79. The molecule has 0 N–H and O–H groups in total. The third kappa shape index (κ3) is 2.64. The molecule has 0 saturated heterocycles. The van der Waals surface area contributed by atoms with Gasteiger partial charge in [-0.3, -0.25) is 9.59 Å². The molecule has 138 valence electrons. The molecule has 0 bridgehead atoms. The van der Waals surface area contributed by atoms with E-state index in [1.165, 1.54) is 0 Å². The van der Waals surface area contributed by atoms with Crippen LogP contribution in [0.15, 0.2) is 65.7 Å². The quantitative estimate of drug-likeness (QED) is 0.232. The maximum Gasteiger partial charge on any atom is 0.197 e. The highest BCUT2D eigenvalue weighted by Crippen LogP contribution is 2.40. The van der Waals surface area contributed by atoms with E-state index >= 15 is 0 Å². The summed E-state index contributed by atoms with van der Waals surface area (Å²) in [4.78, 5) is 32.3. The van der Waals surface area contributed by atoms with Gasteiger partial charge in [-0.15, -0.1) is 34.0 Å². The minimum absolute atomic E-state index is 0.184. The van der Waals surface area contributed by atoms with Gasteiger partial charge in [-0.05, 0) is 41.1 Å². The van der Waals surface area contributed by atoms with E-state index < -0.39 is 0 Å². The van der Waals surface area contributed by atoms with Crippen LogP contribution in [0.4, 0.5) is 0 Å². The largest absolute Gasteiger partial charge is 0.288 e. The zero-order valence-corrected chi connectivity index (χ0v) is 17.3. The van der Waals surface area contributed by atoms with Gasteiger partial charge in [0.15, 0.2) is 11.6 Å². The fraction of sp³-hybridized carbons (Fsp3) is 0. The van der Waals surface area contributed by atoms with E-state index in [-0.39, 0.29) is 17.1 Å². The number of aromatic nitrogens is 1. The molecule has 0 fully saturated rings. The normalized spacial score (nSPS) is 13.6. The Morgan fingerprint density at radius 3 is 2.14 bits per heavy atom. The zero-order valence-electron chi connectivity index (χ0n) is 14.8. The summed E-state index contributed by atoms with van der Waals surface area (Å²) < 4.78 is 2.29. The number of ketones is 2. The molecule has 0 saturated carbocycles. The molecule has 29 heavy (non-hydrogen) atoms. The molecule has 6 heteroatoms. The Morgan fingerprint density at radius 2 is 1.52 bits per heavy atom. The molecule has 3 heterocycles. The SMILES string of the molecule is O=C1C(=Cc2cc3sc(-c4nccs4)cc3s2)C(=O)c2cc3ccccc3cc21. The fourth-order valence-electron chi connectivity index (χ4n) is 3.66. The number of thiophene rings is 2. The number of Topliss-reactive ketones (excluding diaryl/α,β-unsaturated/α-hetero) is 2. The minimum atomic E-state index is -0.184. The number of thiazole rings is 1. The summed E-state index contributed by atoms with van der Waals surface area (Å²) in [5, 5.41) is 4.93. The topological polar surface area (TPSA) is 47.0 Å². The Labute approximate surface area is 177 Å². The van der Waals surface area contributed by atoms with Crippen LogP contribution in [0.5, 0.6) is 0 Å². The van der Waals surface area contributed by atoms with E-state index in [4.69, 9.17) is 0 Å². The lowest BCUT2D eigenvalue weighted by molar-refractivity contribution is 0.0990. The van der Waals surface area contributed by atoms with Crippen molar-refractivity contribution in [3.8, 4) is 9.88 Å². The molecule has 1 aliphatic rings. The van der Waals surface area contributed by atoms with Crippen molar-refractivity contribution in [2.75, 3.05) is 0 Å². The van der Waals surface area contributed by atoms with Gasteiger partial charge >= 0.3 is 0 Å². The summed E-state index contributed by atoms with van der Waals surface area (Å²) in [6, 6.07) is 15.6. The average Bonchev–Trinajstić information content (AvgIpc) is 3.48. The first-order chi connectivity index (χ1) is 14.2. The summed E-state index contributed by atoms with van der Waals surface area (Å²) in [5.74, 6) is -0.369. The number of hydrogen-bond donors (Lipinski definition) is 0. The number of hydrogen-bond acceptors (Lipinski definition) is 6. The standard InChI is InChI=1S/C23H11NO2S3/c25-21-15-7-12-3-1-2-4-13(12)8-16(15)22(26)17(21)9-14-10-18-19(28-14)11-20(29-18)23-24-5-6-27-23/h1-11H. The molecule has 0 unspecified atom stereocenters. The highest BCUT2D eigenvalue weighted by molar-refractivity contribution is 7.31. The van der Waals surface area contributed by atoms with Crippen LogP contribution in [0.3, 0.4) is 0 Å². The van der Waals surface area contributed by atoms with Crippen LogP contribution in [0, 0.1) is 0 Å². The van der Waals surface area contributed by atoms with Crippen LogP contribution in [0.1, 0.15) is 25.6 Å². The number of rotatable bonds is 2. The number of carbonyl (C=O) groups excluding carboxylic acids is 2. The van der Waals surface area contributed by atoms with Crippen LogP contribution in [0.2, 0.25) is 0 Å². The van der Waals surface area contributed by atoms with Crippen molar-refractivity contribution in [2.24, 2.45) is 0 Å². The predicted octanol–water partition coefficient (Wildman–Crippen LogP) is 6.70. The average molecular weight is 430 g/mol. The summed E-state index contributed by atoms with van der Waals surface area (Å²) in [6.45, 7) is 0. The summed E-state index contributed by atoms with van der Waals surface area (Å²) in [6.07, 6.45) is 3.55. The highest BCUT2D eigenvalue weighted by Gasteiger charge is 2.33. The summed E-state index contributed by atoms with van der Waals surface area (Å²) in [7, 11) is 0. The predicted molar refractivity (Wildman–Crippen MR) is 121 cm³/mol. The van der Waals surface area contributed by atoms with Crippen molar-refractivity contribution in [1.82, 2.24) is 4.98 Å². The van der Waals surface area contributed by atoms with Gasteiger partial charge in [-0.25, -0.2) is 4.98 Å². The van der Waals surface area contributed by atoms with Gasteiger partial charge in [0.2, 0.25) is 0 Å². The lowest BCUT2D eigenvalue weighted by Gasteiger charge is -2.00. The number of benzene rings is 2. The summed E-state index contributed by atoms with van der Waals surface area (Å²) >= 11 is 4.90. The van der Waals surface area contributed by atoms with Gasteiger partial charge in [0.1, 0.15) is 5.01 Å². The Bertz CT molecular complexity index is 1400. The molecule has 6 rings (SSSR count). The molecule has 3 aromatic heterocycles. The highest BCUT2D eigenvalue weighted by atomic mass is 32.1. The van der Waals surface area contributed by atoms with E-state index in [0.717, 1.165) is 34.9 Å². The van der Waals surface area contributed by atoms with Crippen LogP contribution in [-0.2, 0) is 0 Å². The van der Waals surface area contributed by atoms with Gasteiger partial charge in [-0.1, -0.05) is 24.3 Å². The van der Waals surface area contributed by atoms with Gasteiger partial charge in [0.25, 0.3) is 0 Å². The van der Waals surface area contributed by atoms with Crippen LogP contribution in [0.25, 0.3) is 36.1 Å². The molecular weight excluding hydrogens is 418 g/mol. The van der Waals surface area contributed by atoms with Gasteiger partial charge in [-0.2, -0.15) is 0 Å². The van der Waals surface area contributed by atoms with Crippen LogP contribution < -0.4 is 0 Å². The summed E-state index contributed by atoms with van der Waals surface area (Å²) in [5.41, 5.74) is 1.26. The Balaban J connectivity index is 1.41. The van der Waals surface area contributed by atoms with Crippen LogP contribution in [-0.4, -0.2) is 16.6 Å². The van der Waals surface area contributed by atoms with Crippen molar-refractivity contribution in [3.63, 3.8) is 0 Å². The van der Waals surface area contributed by atoms with Gasteiger partial charge in [0.05, 0.1) is 10.5 Å². The van der Waals surface area contributed by atoms with Crippen molar-refractivity contribution in [1.29, 1.82) is 0 Å². The van der Waals surface area contributed by atoms with Crippen LogP contribution >= 0.6 is 34.0 Å². The Hall–Kier alpha value is -2.93. The molecule has 0 aliphatic heterocycles. The van der Waals surface area contributed by atoms with Gasteiger partial charge < -0.3 is 0 Å². The first kappa shape index (κ1) is 17.0. The van der Waals surface area contributed by atoms with Gasteiger partial charge in [0, 0.05) is 37.0 Å². The molecule has 0 amide bonds. The molecule has 3 nitrogen and oxygen atoms in total. The second kappa shape index (κ2) is 6.29. The Morgan fingerprint density at radius 1 is 0.828 bits per heavy atom. The first-order valence-corrected chi connectivity index (χ1v) is 11.5. The molecule has 0 spiro atoms. The monoisotopic (exact) mass is 429 g/mol. The van der Waals surface area contributed by atoms with E-state index in [1.807, 2.05) is 48.0 Å². The maximum atomic E-state index is 12.9. The molecule has 5 aromatic rings. The van der Waals surface area contributed by atoms with E-state index in [0.29, 0.717) is 11.1 Å². The molecular formula is C23H11NO2S3. The minimum Gasteiger partial charge on any atom is -0.288 e. The lowest BCUT2D eigenvalue weighted by atomic mass is 10.0. The van der Waals surface area contributed by atoms with Crippen molar-refractivity contribution in [3.05, 3.63) is 81.7 Å². The molecule has 1 aliphatic carbocycles. The third-order valence-corrected chi connectivity index (χ3v) is 8.20. The smallest absolute Gasteiger partial charge is 0.197 e. The van der Waals surface area contributed by atoms with Crippen molar-refractivity contribution >= 4 is 71.8 Å². The molecule has 0 atom stereocenters. The lowest BCUT2D eigenvalue weighted by Crippen LogP contribution is -1.99. The van der Waals surface area contributed by atoms with E-state index in [1.54, 1.807) is 40.1 Å². The van der Waals surface area contributed by atoms with E-state index in [9.17, 15) is 9.59 Å². The number of fused-ring (bicyclic) bond motifs is 3. The number of allylic oxidation sites excluding steroid dienone is 1. The van der Waals surface area contributed by atoms with Crippen molar-refractivity contribution in [2.45, 2.75) is 0 Å². The molecule has 2 aromatic carbocycles. The number of nitrogens with zero attached hydrogens (tertiary/aromatic N) is 1. The zero-order chi connectivity index (χ0) is 19.5. The molecule has 0 radical (unpaired) electrons. The first-order valence-electron chi connectivity index (χ1n) is 8.94. The third-order valence-electron chi connectivity index (χ3n) is 5.02. The maximum absolute atomic E-state index is 12.9. The Kier molecular flexibility index (Phi) is 3.68. The second-order valence-corrected chi connectivity index (χ2v) is 9.88. The van der Waals surface area contributed by atoms with Crippen molar-refractivity contribution < 1.29 is 9.59 Å².